The van der Waals surface area contributed by atoms with Crippen LogP contribution in [-0.4, -0.2) is 0 Å². The Balaban J connectivity index is -0.000000293. The zero-order valence-corrected chi connectivity index (χ0v) is 21.9. The van der Waals surface area contributed by atoms with Gasteiger partial charge in [-0.05, 0) is 57.8 Å². The van der Waals surface area contributed by atoms with Crippen molar-refractivity contribution >= 4 is 0 Å². The molecule has 0 aliphatic rings. The largest absolute Gasteiger partial charge is 0.0998 e. The summed E-state index contributed by atoms with van der Waals surface area (Å²) in [5, 5.41) is 0. The molecule has 0 heteroatoms. The van der Waals surface area contributed by atoms with Crippen molar-refractivity contribution in [2.45, 2.75) is 102 Å². The molecule has 0 fully saturated rings. The normalized spacial score (nSPS) is 11.3. The van der Waals surface area contributed by atoms with Gasteiger partial charge in [0.2, 0.25) is 0 Å². The second kappa shape index (κ2) is 24.2. The van der Waals surface area contributed by atoms with Gasteiger partial charge in [-0.25, -0.2) is 0 Å². The summed E-state index contributed by atoms with van der Waals surface area (Å²) in [7, 11) is 0. The van der Waals surface area contributed by atoms with E-state index in [0.717, 1.165) is 28.7 Å². The molecule has 0 aliphatic heterocycles. The lowest BCUT2D eigenvalue weighted by Crippen LogP contribution is -1.93. The molecule has 0 saturated heterocycles. The third kappa shape index (κ3) is 22.3. The molecule has 0 radical (unpaired) electrons. The minimum Gasteiger partial charge on any atom is -0.0998 e. The standard InChI is InChI=1S/C20H28.C4H10.C3H8.C2H6/c1-10-11-20(15(4)5)19(9)18(8)13-17(7)16(6)12-14(2)3;1-3-4-2;1-3-2;1-2/h10-11,13H,1-2,4,9,12H2,3,5-8H3;3-4H2,1-2H3;3H2,1-2H3;1-2H3/b17-16-,18-13-,20-11-;;;. The monoisotopic (exact) mass is 400 g/mol. The molecule has 0 N–H and O–H groups in total. The molecule has 0 saturated carbocycles. The molecule has 0 amide bonds. The van der Waals surface area contributed by atoms with E-state index in [1.165, 1.54) is 36.0 Å². The Bertz CT molecular complexity index is 557. The minimum atomic E-state index is 0.942. The van der Waals surface area contributed by atoms with Gasteiger partial charge in [-0.15, -0.1) is 0 Å². The van der Waals surface area contributed by atoms with Gasteiger partial charge < -0.3 is 0 Å². The zero-order valence-electron chi connectivity index (χ0n) is 21.9. The van der Waals surface area contributed by atoms with Gasteiger partial charge in [0.05, 0.1) is 0 Å². The van der Waals surface area contributed by atoms with Crippen molar-refractivity contribution < 1.29 is 0 Å². The van der Waals surface area contributed by atoms with Crippen LogP contribution >= 0.6 is 0 Å². The van der Waals surface area contributed by atoms with Gasteiger partial charge in [0.1, 0.15) is 0 Å². The van der Waals surface area contributed by atoms with Crippen LogP contribution in [0.25, 0.3) is 0 Å². The fourth-order valence-electron chi connectivity index (χ4n) is 1.96. The first-order chi connectivity index (χ1) is 13.5. The van der Waals surface area contributed by atoms with Gasteiger partial charge in [-0.1, -0.05) is 128 Å². The SMILES string of the molecule is C=C/C=C(/C(=C)C)C(=C)/C(C)=C\C(C)=C(\C)CC(=C)C.CC.CCC.CCCC. The lowest BCUT2D eigenvalue weighted by molar-refractivity contribution is 0.886. The third-order valence-corrected chi connectivity index (χ3v) is 3.72. The number of allylic oxidation sites excluding steroid dienone is 10. The molecule has 0 unspecified atom stereocenters. The van der Waals surface area contributed by atoms with Crippen molar-refractivity contribution in [3.8, 4) is 0 Å². The van der Waals surface area contributed by atoms with E-state index in [1.54, 1.807) is 6.08 Å². The molecule has 0 spiro atoms. The number of hydrogen-bond donors (Lipinski definition) is 0. The summed E-state index contributed by atoms with van der Waals surface area (Å²) in [5.74, 6) is 0. The summed E-state index contributed by atoms with van der Waals surface area (Å²) < 4.78 is 0. The summed E-state index contributed by atoms with van der Waals surface area (Å²) in [6.45, 7) is 38.9. The second-order valence-corrected chi connectivity index (χ2v) is 7.21. The summed E-state index contributed by atoms with van der Waals surface area (Å²) in [6.07, 6.45) is 10.7. The van der Waals surface area contributed by atoms with Gasteiger partial charge in [0, 0.05) is 0 Å². The van der Waals surface area contributed by atoms with Crippen molar-refractivity contribution in [1.82, 2.24) is 0 Å². The van der Waals surface area contributed by atoms with E-state index >= 15 is 0 Å². The van der Waals surface area contributed by atoms with E-state index in [4.69, 9.17) is 0 Å². The maximum absolute atomic E-state index is 4.18. The fraction of sp³-hybridized carbons (Fsp3) is 0.517. The van der Waals surface area contributed by atoms with Crippen LogP contribution in [0, 0.1) is 0 Å². The quantitative estimate of drug-likeness (QED) is 0.280. The Labute approximate surface area is 185 Å². The maximum Gasteiger partial charge on any atom is -0.0111 e. The fourth-order valence-corrected chi connectivity index (χ4v) is 1.96. The highest BCUT2D eigenvalue weighted by atomic mass is 14.1. The third-order valence-electron chi connectivity index (χ3n) is 3.72. The number of rotatable bonds is 8. The van der Waals surface area contributed by atoms with Gasteiger partial charge in [0.25, 0.3) is 0 Å². The average molecular weight is 401 g/mol. The molecule has 0 bridgehead atoms. The molecule has 0 aromatic heterocycles. The van der Waals surface area contributed by atoms with Crippen LogP contribution in [0.2, 0.25) is 0 Å². The molecular weight excluding hydrogens is 348 g/mol. The lowest BCUT2D eigenvalue weighted by atomic mass is 9.93. The van der Waals surface area contributed by atoms with Crippen LogP contribution in [0.1, 0.15) is 102 Å². The van der Waals surface area contributed by atoms with Gasteiger partial charge in [-0.3, -0.25) is 0 Å². The summed E-state index contributed by atoms with van der Waals surface area (Å²) >= 11 is 0. The van der Waals surface area contributed by atoms with Crippen molar-refractivity contribution in [3.63, 3.8) is 0 Å². The smallest absolute Gasteiger partial charge is 0.0111 e. The summed E-state index contributed by atoms with van der Waals surface area (Å²) in [4.78, 5) is 0. The van der Waals surface area contributed by atoms with E-state index in [0.29, 0.717) is 0 Å². The topological polar surface area (TPSA) is 0 Å². The molecule has 0 aromatic carbocycles. The Morgan fingerprint density at radius 3 is 1.48 bits per heavy atom. The van der Waals surface area contributed by atoms with Crippen LogP contribution in [0.3, 0.4) is 0 Å². The molecule has 0 aliphatic carbocycles. The van der Waals surface area contributed by atoms with Crippen LogP contribution in [-0.2, 0) is 0 Å². The van der Waals surface area contributed by atoms with Crippen LogP contribution < -0.4 is 0 Å². The Kier molecular flexibility index (Phi) is 29.0. The van der Waals surface area contributed by atoms with E-state index in [1.807, 2.05) is 26.8 Å². The second-order valence-electron chi connectivity index (χ2n) is 7.21. The Morgan fingerprint density at radius 2 is 1.21 bits per heavy atom. The predicted octanol–water partition coefficient (Wildman–Crippen LogP) is 10.7. The molecular formula is C29H52. The van der Waals surface area contributed by atoms with Gasteiger partial charge >= 0.3 is 0 Å². The van der Waals surface area contributed by atoms with Crippen molar-refractivity contribution in [2.24, 2.45) is 0 Å². The summed E-state index contributed by atoms with van der Waals surface area (Å²) in [6, 6.07) is 0. The molecule has 0 heterocycles. The maximum atomic E-state index is 4.18. The van der Waals surface area contributed by atoms with Gasteiger partial charge in [0.15, 0.2) is 0 Å². The molecule has 0 aromatic rings. The van der Waals surface area contributed by atoms with E-state index < -0.39 is 0 Å². The number of hydrogen-bond acceptors (Lipinski definition) is 0. The van der Waals surface area contributed by atoms with Crippen LogP contribution in [0.15, 0.2) is 83.6 Å². The van der Waals surface area contributed by atoms with Crippen molar-refractivity contribution in [3.05, 3.63) is 83.6 Å². The lowest BCUT2D eigenvalue weighted by Gasteiger charge is -2.12. The average Bonchev–Trinajstić information content (AvgIpc) is 2.67. The molecule has 0 rings (SSSR count). The van der Waals surface area contributed by atoms with Crippen molar-refractivity contribution in [1.29, 1.82) is 0 Å². The highest BCUT2D eigenvalue weighted by molar-refractivity contribution is 5.55. The Hall–Kier alpha value is -1.82. The van der Waals surface area contributed by atoms with Crippen molar-refractivity contribution in [2.75, 3.05) is 0 Å². The Morgan fingerprint density at radius 1 is 0.793 bits per heavy atom. The zero-order chi connectivity index (χ0) is 24.0. The van der Waals surface area contributed by atoms with E-state index in [-0.39, 0.29) is 0 Å². The van der Waals surface area contributed by atoms with Crippen LogP contribution in [0.5, 0.6) is 0 Å². The minimum absolute atomic E-state index is 0.942. The first-order valence-corrected chi connectivity index (χ1v) is 11.2. The summed E-state index contributed by atoms with van der Waals surface area (Å²) in [5.41, 5.74) is 8.00. The molecule has 29 heavy (non-hydrogen) atoms. The van der Waals surface area contributed by atoms with E-state index in [2.05, 4.69) is 87.8 Å². The molecule has 168 valence electrons. The van der Waals surface area contributed by atoms with E-state index in [9.17, 15) is 0 Å². The highest BCUT2D eigenvalue weighted by Crippen LogP contribution is 2.25. The van der Waals surface area contributed by atoms with Gasteiger partial charge in [-0.2, -0.15) is 0 Å². The molecule has 0 atom stereocenters. The predicted molar refractivity (Wildman–Crippen MR) is 142 cm³/mol. The highest BCUT2D eigenvalue weighted by Gasteiger charge is 2.06. The number of unbranched alkanes of at least 4 members (excludes halogenated alkanes) is 1. The first kappa shape index (κ1) is 34.7. The first-order valence-electron chi connectivity index (χ1n) is 11.2. The molecule has 0 nitrogen and oxygen atoms in total. The van der Waals surface area contributed by atoms with Crippen LogP contribution in [0.4, 0.5) is 0 Å².